The van der Waals surface area contributed by atoms with Gasteiger partial charge in [-0.15, -0.1) is 0 Å². The van der Waals surface area contributed by atoms with E-state index < -0.39 is 112 Å². The lowest BCUT2D eigenvalue weighted by atomic mass is 9.47. The first-order chi connectivity index (χ1) is 28.8. The van der Waals surface area contributed by atoms with Gasteiger partial charge in [-0.05, 0) is 67.7 Å². The van der Waals surface area contributed by atoms with Crippen LogP contribution < -0.4 is 5.32 Å². The van der Waals surface area contributed by atoms with Crippen molar-refractivity contribution in [3.8, 4) is 0 Å². The fourth-order valence-electron chi connectivity index (χ4n) is 10.3. The lowest BCUT2D eigenvalue weighted by Crippen LogP contribution is -2.73. The highest BCUT2D eigenvalue weighted by Crippen LogP contribution is 2.70. The zero-order chi connectivity index (χ0) is 44.2. The van der Waals surface area contributed by atoms with Crippen LogP contribution in [-0.4, -0.2) is 92.6 Å². The molecule has 0 aliphatic heterocycles. The molecule has 4 N–H and O–H groups in total. The highest BCUT2D eigenvalue weighted by atomic mass is 16.6. The number of hydrogen-bond acceptors (Lipinski definition) is 13. The van der Waals surface area contributed by atoms with Crippen molar-refractivity contribution < 1.29 is 63.0 Å². The molecule has 0 unspecified atom stereocenters. The number of carbonyl (C=O) groups excluding carboxylic acids is 6. The van der Waals surface area contributed by atoms with Crippen LogP contribution in [0.15, 0.2) is 102 Å². The van der Waals surface area contributed by atoms with Crippen molar-refractivity contribution in [1.29, 1.82) is 0 Å². The van der Waals surface area contributed by atoms with Crippen LogP contribution in [0.4, 0.5) is 0 Å². The minimum Gasteiger partial charge on any atom is -0.458 e. The minimum absolute atomic E-state index is 0.0134. The SMILES string of the molecule is CC(=O)O[C@H]1C(=O)[C@@]2(C)[C@H]([C@H](OC(=O)c3ccccc3)[C@]3(O)C[C@H](OC(=O)[C@H](O)[C@@H](NC(=O)c4ccccc4)c4ccccc4)C(C)=C1C3(C)C)[C@]1(OC(C)=O)C[C@@H]1C[C@@H]2O. The van der Waals surface area contributed by atoms with E-state index in [9.17, 15) is 39.3 Å². The van der Waals surface area contributed by atoms with Gasteiger partial charge in [0.1, 0.15) is 23.4 Å². The van der Waals surface area contributed by atoms with E-state index in [0.29, 0.717) is 5.56 Å². The van der Waals surface area contributed by atoms with E-state index in [4.69, 9.17) is 18.9 Å². The van der Waals surface area contributed by atoms with Gasteiger partial charge in [0, 0.05) is 37.2 Å². The largest absolute Gasteiger partial charge is 0.458 e. The van der Waals surface area contributed by atoms with E-state index in [-0.39, 0.29) is 35.1 Å². The molecule has 0 spiro atoms. The average molecular weight is 838 g/mol. The molecule has 4 aliphatic carbocycles. The standard InChI is InChI=1S/C47H51NO13/c1-25-32(59-43(56)36(52)35(28-16-10-7-11-17-28)48-41(54)29-18-12-8-13-19-29)24-47(57)40(60-42(55)30-20-14-9-15-21-30)38-45(6,33(51)22-31-23-46(31,38)61-27(3)50)39(53)37(58-26(2)49)34(25)44(47,4)5/h7-21,31-33,35-38,40,51-52,57H,22-24H2,1-6H3,(H,48,54)/t31-,32-,33-,35-,36+,37+,38-,40-,45+,46-,47+/m0/s1. The number of Topliss-reactive ketones (excluding diaryl/α,β-unsaturated/α-hetero) is 1. The molecule has 3 fully saturated rings. The summed E-state index contributed by atoms with van der Waals surface area (Å²) in [5, 5.41) is 40.1. The smallest absolute Gasteiger partial charge is 0.338 e. The summed E-state index contributed by atoms with van der Waals surface area (Å²) in [7, 11) is 0. The van der Waals surface area contributed by atoms with Crippen molar-refractivity contribution in [2.75, 3.05) is 0 Å². The zero-order valence-corrected chi connectivity index (χ0v) is 34.8. The number of ketones is 1. The number of rotatable bonds is 10. The maximum absolute atomic E-state index is 15.4. The maximum Gasteiger partial charge on any atom is 0.338 e. The van der Waals surface area contributed by atoms with Gasteiger partial charge in [-0.2, -0.15) is 0 Å². The van der Waals surface area contributed by atoms with Gasteiger partial charge in [-0.1, -0.05) is 80.6 Å². The quantitative estimate of drug-likeness (QED) is 0.127. The number of esters is 4. The molecule has 0 radical (unpaired) electrons. The molecule has 0 heterocycles. The van der Waals surface area contributed by atoms with Crippen LogP contribution in [0, 0.1) is 22.7 Å². The second-order valence-corrected chi connectivity index (χ2v) is 17.5. The van der Waals surface area contributed by atoms with Crippen LogP contribution in [-0.2, 0) is 38.1 Å². The zero-order valence-electron chi connectivity index (χ0n) is 34.8. The summed E-state index contributed by atoms with van der Waals surface area (Å²) >= 11 is 0. The van der Waals surface area contributed by atoms with E-state index in [2.05, 4.69) is 5.32 Å². The van der Waals surface area contributed by atoms with Crippen LogP contribution >= 0.6 is 0 Å². The highest BCUT2D eigenvalue weighted by molar-refractivity contribution is 5.96. The topological polar surface area (TPSA) is 212 Å². The van der Waals surface area contributed by atoms with Crippen molar-refractivity contribution in [3.63, 3.8) is 0 Å². The van der Waals surface area contributed by atoms with Crippen LogP contribution in [0.3, 0.4) is 0 Å². The highest BCUT2D eigenvalue weighted by Gasteiger charge is 2.80. The van der Waals surface area contributed by atoms with Gasteiger partial charge in [0.2, 0.25) is 0 Å². The van der Waals surface area contributed by atoms with E-state index in [1.54, 1.807) is 92.7 Å². The Morgan fingerprint density at radius 1 is 0.787 bits per heavy atom. The van der Waals surface area contributed by atoms with E-state index in [1.165, 1.54) is 32.9 Å². The van der Waals surface area contributed by atoms with Crippen molar-refractivity contribution in [2.45, 2.75) is 109 Å². The summed E-state index contributed by atoms with van der Waals surface area (Å²) in [5.41, 5.74) is -6.47. The minimum atomic E-state index is -2.33. The van der Waals surface area contributed by atoms with Gasteiger partial charge in [0.05, 0.1) is 29.0 Å². The number of aliphatic hydroxyl groups is 3. The molecule has 11 atom stereocenters. The first-order valence-electron chi connectivity index (χ1n) is 20.4. The number of nitrogens with one attached hydrogen (secondary N) is 1. The molecule has 4 aliphatic rings. The Morgan fingerprint density at radius 3 is 1.93 bits per heavy atom. The summed E-state index contributed by atoms with van der Waals surface area (Å²) in [5.74, 6) is -7.00. The molecule has 3 aromatic carbocycles. The first-order valence-corrected chi connectivity index (χ1v) is 20.4. The number of benzene rings is 3. The third-order valence-electron chi connectivity index (χ3n) is 13.6. The van der Waals surface area contributed by atoms with Gasteiger partial charge in [0.25, 0.3) is 5.91 Å². The molecular weight excluding hydrogens is 787 g/mol. The molecule has 14 nitrogen and oxygen atoms in total. The molecule has 1 amide bonds. The molecule has 3 aromatic rings. The van der Waals surface area contributed by atoms with Gasteiger partial charge in [0.15, 0.2) is 18.0 Å². The molecule has 61 heavy (non-hydrogen) atoms. The molecule has 322 valence electrons. The van der Waals surface area contributed by atoms with E-state index in [0.717, 1.165) is 6.92 Å². The van der Waals surface area contributed by atoms with E-state index in [1.807, 2.05) is 0 Å². The Kier molecular flexibility index (Phi) is 11.4. The second-order valence-electron chi connectivity index (χ2n) is 17.5. The fraction of sp³-hybridized carbons (Fsp3) is 0.447. The summed E-state index contributed by atoms with van der Waals surface area (Å²) < 4.78 is 24.4. The Labute approximate surface area is 353 Å². The lowest BCUT2D eigenvalue weighted by molar-refractivity contribution is -0.246. The average Bonchev–Trinajstić information content (AvgIpc) is 3.92. The monoisotopic (exact) mass is 837 g/mol. The Hall–Kier alpha value is -5.70. The van der Waals surface area contributed by atoms with Gasteiger partial charge < -0.3 is 39.6 Å². The third-order valence-corrected chi connectivity index (χ3v) is 13.6. The molecule has 2 bridgehead atoms. The Bertz CT molecular complexity index is 2260. The molecule has 7 rings (SSSR count). The predicted octanol–water partition coefficient (Wildman–Crippen LogP) is 4.36. The Morgan fingerprint density at radius 2 is 1.36 bits per heavy atom. The number of aliphatic hydroxyl groups excluding tert-OH is 2. The summed E-state index contributed by atoms with van der Waals surface area (Å²) in [6.07, 6.45) is -8.75. The third kappa shape index (κ3) is 7.33. The van der Waals surface area contributed by atoms with E-state index >= 15 is 4.79 Å². The fourth-order valence-corrected chi connectivity index (χ4v) is 10.3. The second kappa shape index (κ2) is 16.0. The molecular formula is C47H51NO13. The lowest BCUT2D eigenvalue weighted by Gasteiger charge is -2.61. The number of fused-ring (bicyclic) bond motifs is 5. The van der Waals surface area contributed by atoms with Crippen LogP contribution in [0.2, 0.25) is 0 Å². The van der Waals surface area contributed by atoms with Crippen molar-refractivity contribution in [2.24, 2.45) is 22.7 Å². The van der Waals surface area contributed by atoms with Crippen molar-refractivity contribution >= 4 is 35.6 Å². The van der Waals surface area contributed by atoms with Gasteiger partial charge >= 0.3 is 23.9 Å². The Balaban J connectivity index is 1.37. The van der Waals surface area contributed by atoms with Gasteiger partial charge in [-0.3, -0.25) is 19.2 Å². The van der Waals surface area contributed by atoms with Crippen molar-refractivity contribution in [3.05, 3.63) is 119 Å². The summed E-state index contributed by atoms with van der Waals surface area (Å²) in [6, 6.07) is 23.1. The van der Waals surface area contributed by atoms with Crippen LogP contribution in [0.25, 0.3) is 0 Å². The number of carbonyl (C=O) groups is 6. The number of hydrogen-bond donors (Lipinski definition) is 4. The maximum atomic E-state index is 15.4. The normalized spacial score (nSPS) is 32.0. The molecule has 0 saturated heterocycles. The van der Waals surface area contributed by atoms with Gasteiger partial charge in [-0.25, -0.2) is 9.59 Å². The molecule has 14 heteroatoms. The summed E-state index contributed by atoms with van der Waals surface area (Å²) in [4.78, 5) is 83.2. The predicted molar refractivity (Wildman–Crippen MR) is 216 cm³/mol. The molecule has 3 saturated carbocycles. The van der Waals surface area contributed by atoms with Crippen LogP contribution in [0.5, 0.6) is 0 Å². The molecule has 0 aromatic heterocycles. The summed E-state index contributed by atoms with van der Waals surface area (Å²) in [6.45, 7) is 8.45. The van der Waals surface area contributed by atoms with Crippen molar-refractivity contribution in [1.82, 2.24) is 5.32 Å². The van der Waals surface area contributed by atoms with Crippen LogP contribution in [0.1, 0.15) is 93.1 Å². The number of ether oxygens (including phenoxy) is 4. The first kappa shape index (κ1) is 43.4. The number of amides is 1.